The Hall–Kier alpha value is -1.14. The molecule has 0 bridgehead atoms. The summed E-state index contributed by atoms with van der Waals surface area (Å²) in [5.74, 6) is 0.342. The summed E-state index contributed by atoms with van der Waals surface area (Å²) in [7, 11) is -3.53. The van der Waals surface area contributed by atoms with E-state index in [2.05, 4.69) is 9.71 Å². The van der Waals surface area contributed by atoms with Gasteiger partial charge < -0.3 is 5.73 Å². The molecule has 0 saturated heterocycles. The molecule has 0 radical (unpaired) electrons. The minimum Gasteiger partial charge on any atom is -0.383 e. The van der Waals surface area contributed by atoms with Gasteiger partial charge in [0.25, 0.3) is 0 Å². The molecule has 0 atom stereocenters. The average molecular weight is 243 g/mol. The first-order chi connectivity index (χ1) is 7.12. The highest BCUT2D eigenvalue weighted by Gasteiger charge is 2.22. The van der Waals surface area contributed by atoms with Gasteiger partial charge in [-0.2, -0.15) is 0 Å². The molecule has 0 unspecified atom stereocenters. The topological polar surface area (TPSA) is 85.1 Å². The minimum absolute atomic E-state index is 0.133. The van der Waals surface area contributed by atoms with Crippen LogP contribution < -0.4 is 10.5 Å². The summed E-state index contributed by atoms with van der Waals surface area (Å²) in [4.78, 5) is 3.97. The average Bonchev–Trinajstić information content (AvgIpc) is 2.05. The van der Waals surface area contributed by atoms with Crippen molar-refractivity contribution < 1.29 is 8.42 Å². The van der Waals surface area contributed by atoms with Crippen LogP contribution in [-0.2, 0) is 10.0 Å². The number of hydrogen-bond acceptors (Lipinski definition) is 4. The highest BCUT2D eigenvalue weighted by molar-refractivity contribution is 7.89. The summed E-state index contributed by atoms with van der Waals surface area (Å²) in [6.07, 6.45) is 1.26. The summed E-state index contributed by atoms with van der Waals surface area (Å²) >= 11 is 0. The largest absolute Gasteiger partial charge is 0.383 e. The van der Waals surface area contributed by atoms with Crippen LogP contribution in [0.1, 0.15) is 26.3 Å². The summed E-state index contributed by atoms with van der Waals surface area (Å²) < 4.78 is 26.4. The minimum atomic E-state index is -3.53. The summed E-state index contributed by atoms with van der Waals surface area (Å²) in [6, 6.07) is 1.51. The fraction of sp³-hybridized carbons (Fsp3) is 0.500. The van der Waals surface area contributed by atoms with Gasteiger partial charge in [-0.3, -0.25) is 0 Å². The summed E-state index contributed by atoms with van der Waals surface area (Å²) in [6.45, 7) is 7.06. The zero-order valence-electron chi connectivity index (χ0n) is 9.90. The van der Waals surface area contributed by atoms with Gasteiger partial charge in [0.1, 0.15) is 10.7 Å². The molecule has 0 aliphatic rings. The number of rotatable bonds is 2. The maximum absolute atomic E-state index is 11.9. The van der Waals surface area contributed by atoms with Crippen molar-refractivity contribution in [2.45, 2.75) is 38.1 Å². The molecular formula is C10H17N3O2S. The van der Waals surface area contributed by atoms with Crippen LogP contribution in [0.4, 0.5) is 5.82 Å². The van der Waals surface area contributed by atoms with Gasteiger partial charge in [-0.25, -0.2) is 18.1 Å². The zero-order valence-corrected chi connectivity index (χ0v) is 10.7. The molecule has 5 nitrogen and oxygen atoms in total. The first-order valence-corrected chi connectivity index (χ1v) is 6.36. The molecule has 6 heteroatoms. The van der Waals surface area contributed by atoms with E-state index in [0.717, 1.165) is 0 Å². The van der Waals surface area contributed by atoms with Gasteiger partial charge in [0.05, 0.1) is 0 Å². The first kappa shape index (κ1) is 12.9. The summed E-state index contributed by atoms with van der Waals surface area (Å²) in [5, 5.41) is 0. The van der Waals surface area contributed by atoms with Crippen molar-refractivity contribution in [1.82, 2.24) is 9.71 Å². The Morgan fingerprint density at radius 1 is 1.38 bits per heavy atom. The monoisotopic (exact) mass is 243 g/mol. The quantitative estimate of drug-likeness (QED) is 0.813. The second-order valence-electron chi connectivity index (χ2n) is 4.73. The van der Waals surface area contributed by atoms with Gasteiger partial charge in [-0.15, -0.1) is 0 Å². The molecule has 0 aliphatic heterocycles. The molecular weight excluding hydrogens is 226 g/mol. The van der Waals surface area contributed by atoms with Gasteiger partial charge in [0, 0.05) is 11.7 Å². The second-order valence-corrected chi connectivity index (χ2v) is 6.41. The van der Waals surface area contributed by atoms with Crippen LogP contribution in [0, 0.1) is 6.92 Å². The summed E-state index contributed by atoms with van der Waals surface area (Å²) in [5.41, 5.74) is 5.66. The van der Waals surface area contributed by atoms with E-state index >= 15 is 0 Å². The molecule has 16 heavy (non-hydrogen) atoms. The van der Waals surface area contributed by atoms with Crippen molar-refractivity contribution in [3.05, 3.63) is 17.8 Å². The number of pyridine rings is 1. The van der Waals surface area contributed by atoms with Crippen LogP contribution in [0.3, 0.4) is 0 Å². The zero-order chi connectivity index (χ0) is 12.6. The van der Waals surface area contributed by atoms with E-state index in [9.17, 15) is 8.42 Å². The van der Waals surface area contributed by atoms with E-state index in [1.165, 1.54) is 12.3 Å². The first-order valence-electron chi connectivity index (χ1n) is 4.88. The van der Waals surface area contributed by atoms with Crippen molar-refractivity contribution in [3.8, 4) is 0 Å². The van der Waals surface area contributed by atoms with Crippen molar-refractivity contribution in [2.75, 3.05) is 5.73 Å². The van der Waals surface area contributed by atoms with Gasteiger partial charge >= 0.3 is 0 Å². The lowest BCUT2D eigenvalue weighted by Gasteiger charge is -2.20. The molecule has 0 spiro atoms. The van der Waals surface area contributed by atoms with Gasteiger partial charge in [0.15, 0.2) is 0 Å². The van der Waals surface area contributed by atoms with Crippen LogP contribution >= 0.6 is 0 Å². The highest BCUT2D eigenvalue weighted by atomic mass is 32.2. The lowest BCUT2D eigenvalue weighted by molar-refractivity contribution is 0.491. The van der Waals surface area contributed by atoms with Crippen molar-refractivity contribution in [1.29, 1.82) is 0 Å². The van der Waals surface area contributed by atoms with Crippen molar-refractivity contribution in [2.24, 2.45) is 0 Å². The predicted octanol–water partition coefficient (Wildman–Crippen LogP) is 1.05. The fourth-order valence-corrected chi connectivity index (χ4v) is 2.62. The number of aryl methyl sites for hydroxylation is 1. The van der Waals surface area contributed by atoms with Crippen molar-refractivity contribution in [3.63, 3.8) is 0 Å². The molecule has 1 aromatic heterocycles. The van der Waals surface area contributed by atoms with Crippen LogP contribution in [0.2, 0.25) is 0 Å². The number of aromatic nitrogens is 1. The maximum Gasteiger partial charge on any atom is 0.242 e. The van der Waals surface area contributed by atoms with E-state index in [-0.39, 0.29) is 4.90 Å². The SMILES string of the molecule is Cc1cc(S(=O)(=O)NC(C)(C)C)cnc1N. The Morgan fingerprint density at radius 3 is 2.38 bits per heavy atom. The second kappa shape index (κ2) is 4.03. The third-order valence-corrected chi connectivity index (χ3v) is 3.57. The normalized spacial score (nSPS) is 12.8. The Kier molecular flexibility index (Phi) is 3.25. The number of nitrogens with zero attached hydrogens (tertiary/aromatic N) is 1. The number of anilines is 1. The standard InChI is InChI=1S/C10H17N3O2S/c1-7-5-8(6-12-9(7)11)16(14,15)13-10(2,3)4/h5-6,13H,1-4H3,(H2,11,12). The van der Waals surface area contributed by atoms with Crippen LogP contribution in [0.25, 0.3) is 0 Å². The highest BCUT2D eigenvalue weighted by Crippen LogP contribution is 2.15. The lowest BCUT2D eigenvalue weighted by atomic mass is 10.1. The molecule has 90 valence electrons. The predicted molar refractivity (Wildman–Crippen MR) is 63.5 cm³/mol. The van der Waals surface area contributed by atoms with Crippen LogP contribution in [0.5, 0.6) is 0 Å². The maximum atomic E-state index is 11.9. The Bertz CT molecular complexity index is 489. The van der Waals surface area contributed by atoms with E-state index in [4.69, 9.17) is 5.73 Å². The van der Waals surface area contributed by atoms with Crippen molar-refractivity contribution >= 4 is 15.8 Å². The number of nitrogen functional groups attached to an aromatic ring is 1. The van der Waals surface area contributed by atoms with Crippen LogP contribution in [0.15, 0.2) is 17.2 Å². The number of nitrogens with two attached hydrogens (primary N) is 1. The van der Waals surface area contributed by atoms with Gasteiger partial charge in [-0.1, -0.05) is 0 Å². The number of sulfonamides is 1. The lowest BCUT2D eigenvalue weighted by Crippen LogP contribution is -2.40. The van der Waals surface area contributed by atoms with Gasteiger partial charge in [0.2, 0.25) is 10.0 Å². The Morgan fingerprint density at radius 2 is 1.94 bits per heavy atom. The van der Waals surface area contributed by atoms with Gasteiger partial charge in [-0.05, 0) is 39.3 Å². The van der Waals surface area contributed by atoms with E-state index in [1.54, 1.807) is 27.7 Å². The molecule has 0 aliphatic carbocycles. The molecule has 0 aromatic carbocycles. The molecule has 0 saturated carbocycles. The molecule has 1 rings (SSSR count). The van der Waals surface area contributed by atoms with Crippen LogP contribution in [-0.4, -0.2) is 18.9 Å². The molecule has 1 aromatic rings. The number of nitrogens with one attached hydrogen (secondary N) is 1. The smallest absolute Gasteiger partial charge is 0.242 e. The fourth-order valence-electron chi connectivity index (χ4n) is 1.17. The third kappa shape index (κ3) is 3.18. The number of hydrogen-bond donors (Lipinski definition) is 2. The van der Waals surface area contributed by atoms with E-state index < -0.39 is 15.6 Å². The Labute approximate surface area is 96.1 Å². The molecule has 3 N–H and O–H groups in total. The molecule has 0 amide bonds. The molecule has 0 fully saturated rings. The van der Waals surface area contributed by atoms with E-state index in [0.29, 0.717) is 11.4 Å². The Balaban J connectivity index is 3.13. The molecule has 1 heterocycles. The van der Waals surface area contributed by atoms with E-state index in [1.807, 2.05) is 0 Å². The third-order valence-electron chi connectivity index (χ3n) is 1.84.